The topological polar surface area (TPSA) is 30.5 Å². The average molecular weight is 283 g/mol. The minimum absolute atomic E-state index is 0.0913. The van der Waals surface area contributed by atoms with Crippen LogP contribution in [0.4, 0.5) is 0 Å². The van der Waals surface area contributed by atoms with Gasteiger partial charge in [0.1, 0.15) is 11.9 Å². The Hall–Kier alpha value is -1.84. The molecule has 2 unspecified atom stereocenters. The van der Waals surface area contributed by atoms with Crippen LogP contribution in [0.1, 0.15) is 31.4 Å². The molecule has 2 atom stereocenters. The molecule has 0 saturated carbocycles. The number of fused-ring (bicyclic) bond motifs is 1. The van der Waals surface area contributed by atoms with E-state index in [2.05, 4.69) is 54.9 Å². The SMILES string of the molecule is CCCC1Oc2c(-c3ccccc3)cccc2C1NOC. The molecule has 2 aromatic carbocycles. The first kappa shape index (κ1) is 14.1. The van der Waals surface area contributed by atoms with Crippen LogP contribution in [0.3, 0.4) is 0 Å². The molecule has 1 heterocycles. The van der Waals surface area contributed by atoms with E-state index in [0.717, 1.165) is 24.2 Å². The Morgan fingerprint density at radius 1 is 1.10 bits per heavy atom. The van der Waals surface area contributed by atoms with E-state index in [9.17, 15) is 0 Å². The van der Waals surface area contributed by atoms with Crippen LogP contribution in [-0.4, -0.2) is 13.2 Å². The van der Waals surface area contributed by atoms with E-state index >= 15 is 0 Å². The van der Waals surface area contributed by atoms with E-state index in [1.165, 1.54) is 11.1 Å². The van der Waals surface area contributed by atoms with Crippen molar-refractivity contribution < 1.29 is 9.57 Å². The molecule has 0 amide bonds. The largest absolute Gasteiger partial charge is 0.487 e. The fraction of sp³-hybridized carbons (Fsp3) is 0.333. The predicted octanol–water partition coefficient (Wildman–Crippen LogP) is 4.11. The Morgan fingerprint density at radius 3 is 2.62 bits per heavy atom. The number of rotatable bonds is 5. The van der Waals surface area contributed by atoms with Crippen LogP contribution in [0, 0.1) is 0 Å². The second-order valence-corrected chi connectivity index (χ2v) is 5.33. The minimum Gasteiger partial charge on any atom is -0.487 e. The maximum Gasteiger partial charge on any atom is 0.132 e. The van der Waals surface area contributed by atoms with Gasteiger partial charge in [-0.05, 0) is 12.0 Å². The van der Waals surface area contributed by atoms with Crippen molar-refractivity contribution >= 4 is 0 Å². The van der Waals surface area contributed by atoms with Gasteiger partial charge in [0.25, 0.3) is 0 Å². The fourth-order valence-corrected chi connectivity index (χ4v) is 2.97. The normalized spacial score (nSPS) is 20.1. The van der Waals surface area contributed by atoms with Gasteiger partial charge in [-0.3, -0.25) is 0 Å². The van der Waals surface area contributed by atoms with E-state index in [4.69, 9.17) is 9.57 Å². The summed E-state index contributed by atoms with van der Waals surface area (Å²) in [7, 11) is 1.65. The van der Waals surface area contributed by atoms with E-state index < -0.39 is 0 Å². The molecule has 0 spiro atoms. The van der Waals surface area contributed by atoms with E-state index in [-0.39, 0.29) is 12.1 Å². The van der Waals surface area contributed by atoms with Gasteiger partial charge in [-0.15, -0.1) is 0 Å². The molecule has 0 bridgehead atoms. The molecule has 0 saturated heterocycles. The molecule has 21 heavy (non-hydrogen) atoms. The highest BCUT2D eigenvalue weighted by molar-refractivity contribution is 5.73. The molecular formula is C18H21NO2. The monoisotopic (exact) mass is 283 g/mol. The Morgan fingerprint density at radius 2 is 1.90 bits per heavy atom. The highest BCUT2D eigenvalue weighted by Crippen LogP contribution is 2.44. The van der Waals surface area contributed by atoms with E-state index in [1.54, 1.807) is 7.11 Å². The smallest absolute Gasteiger partial charge is 0.132 e. The quantitative estimate of drug-likeness (QED) is 0.838. The van der Waals surface area contributed by atoms with Crippen LogP contribution in [0.2, 0.25) is 0 Å². The lowest BCUT2D eigenvalue weighted by molar-refractivity contribution is 0.0270. The van der Waals surface area contributed by atoms with Gasteiger partial charge >= 0.3 is 0 Å². The van der Waals surface area contributed by atoms with Crippen LogP contribution < -0.4 is 10.2 Å². The molecule has 2 aromatic rings. The number of nitrogens with one attached hydrogen (secondary N) is 1. The van der Waals surface area contributed by atoms with Crippen molar-refractivity contribution in [1.82, 2.24) is 5.48 Å². The summed E-state index contributed by atoms with van der Waals surface area (Å²) in [4.78, 5) is 5.17. The third-order valence-electron chi connectivity index (χ3n) is 3.92. The van der Waals surface area contributed by atoms with E-state index in [0.29, 0.717) is 0 Å². The fourth-order valence-electron chi connectivity index (χ4n) is 2.97. The molecule has 0 fully saturated rings. The standard InChI is InChI=1S/C18H21NO2/c1-3-8-16-17(19-20-2)15-12-7-11-14(18(15)21-16)13-9-5-4-6-10-13/h4-7,9-12,16-17,19H,3,8H2,1-2H3. The second kappa shape index (κ2) is 6.29. The van der Waals surface area contributed by atoms with Crippen molar-refractivity contribution in [3.63, 3.8) is 0 Å². The summed E-state index contributed by atoms with van der Waals surface area (Å²) in [6, 6.07) is 16.8. The lowest BCUT2D eigenvalue weighted by atomic mass is 9.97. The first-order valence-corrected chi connectivity index (χ1v) is 7.48. The number of hydrogen-bond donors (Lipinski definition) is 1. The first-order chi connectivity index (χ1) is 10.3. The van der Waals surface area contributed by atoms with Crippen LogP contribution in [0.25, 0.3) is 11.1 Å². The van der Waals surface area contributed by atoms with Crippen molar-refractivity contribution in [2.45, 2.75) is 31.9 Å². The Kier molecular flexibility index (Phi) is 4.23. The highest BCUT2D eigenvalue weighted by Gasteiger charge is 2.35. The lowest BCUT2D eigenvalue weighted by Crippen LogP contribution is -2.30. The average Bonchev–Trinajstić information content (AvgIpc) is 2.87. The van der Waals surface area contributed by atoms with Crippen molar-refractivity contribution in [3.05, 3.63) is 54.1 Å². The summed E-state index contributed by atoms with van der Waals surface area (Å²) in [6.45, 7) is 2.17. The van der Waals surface area contributed by atoms with Gasteiger partial charge in [-0.2, -0.15) is 5.48 Å². The van der Waals surface area contributed by atoms with Gasteiger partial charge in [0.2, 0.25) is 0 Å². The Bertz CT molecular complexity index is 597. The van der Waals surface area contributed by atoms with Crippen LogP contribution in [-0.2, 0) is 4.84 Å². The zero-order valence-corrected chi connectivity index (χ0v) is 12.5. The number of benzene rings is 2. The summed E-state index contributed by atoms with van der Waals surface area (Å²) >= 11 is 0. The lowest BCUT2D eigenvalue weighted by Gasteiger charge is -2.18. The van der Waals surface area contributed by atoms with E-state index in [1.807, 2.05) is 6.07 Å². The minimum atomic E-state index is 0.0913. The summed E-state index contributed by atoms with van der Waals surface area (Å²) in [6.07, 6.45) is 2.21. The Balaban J connectivity index is 2.02. The molecule has 110 valence electrons. The number of ether oxygens (including phenoxy) is 1. The van der Waals surface area contributed by atoms with Crippen molar-refractivity contribution in [1.29, 1.82) is 0 Å². The van der Waals surface area contributed by atoms with Crippen LogP contribution in [0.15, 0.2) is 48.5 Å². The molecule has 0 radical (unpaired) electrons. The third-order valence-corrected chi connectivity index (χ3v) is 3.92. The first-order valence-electron chi connectivity index (χ1n) is 7.48. The summed E-state index contributed by atoms with van der Waals surface area (Å²) in [5.41, 5.74) is 6.60. The second-order valence-electron chi connectivity index (χ2n) is 5.33. The number of hydroxylamine groups is 1. The maximum absolute atomic E-state index is 6.26. The number of para-hydroxylation sites is 1. The van der Waals surface area contributed by atoms with Gasteiger partial charge in [0.15, 0.2) is 0 Å². The zero-order valence-electron chi connectivity index (χ0n) is 12.5. The van der Waals surface area contributed by atoms with Gasteiger partial charge in [0, 0.05) is 11.1 Å². The maximum atomic E-state index is 6.26. The molecule has 3 heteroatoms. The van der Waals surface area contributed by atoms with Crippen LogP contribution in [0.5, 0.6) is 5.75 Å². The van der Waals surface area contributed by atoms with Gasteiger partial charge in [-0.25, -0.2) is 0 Å². The molecule has 1 N–H and O–H groups in total. The molecule has 1 aliphatic heterocycles. The zero-order chi connectivity index (χ0) is 14.7. The summed E-state index contributed by atoms with van der Waals surface area (Å²) in [5, 5.41) is 0. The summed E-state index contributed by atoms with van der Waals surface area (Å²) in [5.74, 6) is 0.983. The summed E-state index contributed by atoms with van der Waals surface area (Å²) < 4.78 is 6.26. The number of hydrogen-bond acceptors (Lipinski definition) is 3. The van der Waals surface area contributed by atoms with Crippen molar-refractivity contribution in [3.8, 4) is 16.9 Å². The van der Waals surface area contributed by atoms with Gasteiger partial charge in [-0.1, -0.05) is 61.9 Å². The molecule has 1 aliphatic rings. The van der Waals surface area contributed by atoms with Crippen molar-refractivity contribution in [2.75, 3.05) is 7.11 Å². The van der Waals surface area contributed by atoms with Gasteiger partial charge < -0.3 is 9.57 Å². The molecule has 3 rings (SSSR count). The van der Waals surface area contributed by atoms with Crippen molar-refractivity contribution in [2.24, 2.45) is 0 Å². The Labute approximate surface area is 125 Å². The molecule has 0 aliphatic carbocycles. The molecule has 0 aromatic heterocycles. The predicted molar refractivity (Wildman–Crippen MR) is 84.1 cm³/mol. The highest BCUT2D eigenvalue weighted by atomic mass is 16.6. The van der Waals surface area contributed by atoms with Crippen LogP contribution >= 0.6 is 0 Å². The van der Waals surface area contributed by atoms with Gasteiger partial charge in [0.05, 0.1) is 13.2 Å². The third kappa shape index (κ3) is 2.67. The molecule has 3 nitrogen and oxygen atoms in total. The molecular weight excluding hydrogens is 262 g/mol.